The summed E-state index contributed by atoms with van der Waals surface area (Å²) >= 11 is 1.38. The zero-order valence-electron chi connectivity index (χ0n) is 21.5. The summed E-state index contributed by atoms with van der Waals surface area (Å²) in [7, 11) is 1.25. The molecule has 1 heterocycles. The number of esters is 1. The molecule has 10 nitrogen and oxygen atoms in total. The van der Waals surface area contributed by atoms with Gasteiger partial charge in [-0.15, -0.1) is 11.8 Å². The highest BCUT2D eigenvalue weighted by Gasteiger charge is 2.61. The Hall–Kier alpha value is -1.11. The molecule has 4 aliphatic carbocycles. The minimum Gasteiger partial charge on any atom is -0.466 e. The van der Waals surface area contributed by atoms with Gasteiger partial charge in [-0.25, -0.2) is 9.59 Å². The number of thioether (sulfide) groups is 1. The van der Waals surface area contributed by atoms with Gasteiger partial charge in [-0.05, 0) is 77.0 Å². The summed E-state index contributed by atoms with van der Waals surface area (Å²) in [6, 6.07) is -1.20. The third-order valence-electron chi connectivity index (χ3n) is 8.03. The Balaban J connectivity index is 1.63. The Kier molecular flexibility index (Phi) is 7.92. The van der Waals surface area contributed by atoms with E-state index in [1.54, 1.807) is 20.8 Å². The number of aliphatic hydroxyl groups is 4. The molecule has 5 aliphatic rings. The normalized spacial score (nSPS) is 41.4. The molecule has 4 bridgehead atoms. The molecule has 6 atom stereocenters. The molecule has 36 heavy (non-hydrogen) atoms. The van der Waals surface area contributed by atoms with Crippen molar-refractivity contribution < 1.29 is 44.2 Å². The molecule has 1 saturated heterocycles. The minimum atomic E-state index is -1.70. The number of hydrogen-bond acceptors (Lipinski definition) is 10. The van der Waals surface area contributed by atoms with E-state index in [1.807, 2.05) is 0 Å². The lowest BCUT2D eigenvalue weighted by Crippen LogP contribution is -2.67. The van der Waals surface area contributed by atoms with Crippen molar-refractivity contribution in [1.82, 2.24) is 5.32 Å². The van der Waals surface area contributed by atoms with Crippen LogP contribution < -0.4 is 5.32 Å². The zero-order valence-corrected chi connectivity index (χ0v) is 22.3. The van der Waals surface area contributed by atoms with Crippen molar-refractivity contribution >= 4 is 23.8 Å². The monoisotopic (exact) mass is 531 g/mol. The van der Waals surface area contributed by atoms with Gasteiger partial charge in [-0.3, -0.25) is 0 Å². The molecule has 0 spiro atoms. The Labute approximate surface area is 216 Å². The number of nitrogens with one attached hydrogen (secondary N) is 1. The lowest BCUT2D eigenvalue weighted by molar-refractivity contribution is -0.206. The van der Waals surface area contributed by atoms with Gasteiger partial charge in [0, 0.05) is 11.2 Å². The third-order valence-corrected chi connectivity index (χ3v) is 9.73. The van der Waals surface area contributed by atoms with E-state index in [0.29, 0.717) is 17.8 Å². The lowest BCUT2D eigenvalue weighted by Gasteiger charge is -2.59. The average molecular weight is 532 g/mol. The van der Waals surface area contributed by atoms with E-state index in [9.17, 15) is 30.0 Å². The Morgan fingerprint density at radius 1 is 1.08 bits per heavy atom. The number of aliphatic hydroxyl groups excluding tert-OH is 4. The molecule has 0 aromatic carbocycles. The maximum absolute atomic E-state index is 13.3. The topological polar surface area (TPSA) is 155 Å². The van der Waals surface area contributed by atoms with E-state index in [0.717, 1.165) is 19.3 Å². The van der Waals surface area contributed by atoms with Gasteiger partial charge < -0.3 is 40.0 Å². The van der Waals surface area contributed by atoms with Crippen LogP contribution in [0.1, 0.15) is 65.7 Å². The molecule has 11 heteroatoms. The standard InChI is InChI=1S/C25H41NO9S/c1-23(2,3)35-22(32)26-18-16(28)11-25(21(31)33-4,34-20(18)19(30)17(29)12-27)36-24-8-13-5-14(9-24)7-15(6-13)10-24/h13-20,27-30H,5-12H2,1-4H3,(H,26,32)/t13?,14?,15?,16-,17+,18+,19+,20+,24?,25+/m0/s1. The smallest absolute Gasteiger partial charge is 0.408 e. The predicted molar refractivity (Wildman–Crippen MR) is 131 cm³/mol. The summed E-state index contributed by atoms with van der Waals surface area (Å²) in [4.78, 5) is 24.2. The van der Waals surface area contributed by atoms with Gasteiger partial charge >= 0.3 is 12.1 Å². The second kappa shape index (κ2) is 10.2. The van der Waals surface area contributed by atoms with Crippen molar-refractivity contribution in [3.8, 4) is 0 Å². The van der Waals surface area contributed by atoms with E-state index < -0.39 is 59.7 Å². The molecular weight excluding hydrogens is 490 g/mol. The van der Waals surface area contributed by atoms with E-state index >= 15 is 0 Å². The first-order valence-corrected chi connectivity index (χ1v) is 13.7. The van der Waals surface area contributed by atoms with E-state index in [-0.39, 0.29) is 11.2 Å². The fourth-order valence-corrected chi connectivity index (χ4v) is 9.33. The molecular formula is C25H41NO9S. The highest BCUT2D eigenvalue weighted by molar-refractivity contribution is 8.02. The number of carbonyl (C=O) groups excluding carboxylic acids is 2. The highest BCUT2D eigenvalue weighted by Crippen LogP contribution is 2.64. The van der Waals surface area contributed by atoms with Crippen molar-refractivity contribution in [3.05, 3.63) is 0 Å². The molecule has 1 aliphatic heterocycles. The number of carbonyl (C=O) groups is 2. The summed E-state index contributed by atoms with van der Waals surface area (Å²) in [6.07, 6.45) is -0.595. The van der Waals surface area contributed by atoms with Crippen molar-refractivity contribution in [2.24, 2.45) is 17.8 Å². The first kappa shape index (κ1) is 27.9. The fourth-order valence-electron chi connectivity index (χ4n) is 7.09. The molecule has 0 unspecified atom stereocenters. The van der Waals surface area contributed by atoms with E-state index in [2.05, 4.69) is 5.32 Å². The van der Waals surface area contributed by atoms with E-state index in [1.165, 1.54) is 38.1 Å². The van der Waals surface area contributed by atoms with Gasteiger partial charge in [-0.1, -0.05) is 0 Å². The molecule has 5 N–H and O–H groups in total. The lowest BCUT2D eigenvalue weighted by atomic mass is 9.56. The molecule has 0 aromatic heterocycles. The van der Waals surface area contributed by atoms with Crippen LogP contribution in [0, 0.1) is 17.8 Å². The van der Waals surface area contributed by atoms with Gasteiger partial charge in [-0.2, -0.15) is 0 Å². The van der Waals surface area contributed by atoms with Crippen molar-refractivity contribution in [3.63, 3.8) is 0 Å². The molecule has 206 valence electrons. The number of amides is 1. The van der Waals surface area contributed by atoms with Crippen LogP contribution in [0.5, 0.6) is 0 Å². The summed E-state index contributed by atoms with van der Waals surface area (Å²) in [6.45, 7) is 4.29. The number of rotatable bonds is 7. The molecule has 1 amide bonds. The molecule has 5 fully saturated rings. The maximum Gasteiger partial charge on any atom is 0.408 e. The molecule has 0 aromatic rings. The van der Waals surface area contributed by atoms with Crippen molar-refractivity contribution in [2.45, 2.75) is 111 Å². The van der Waals surface area contributed by atoms with Crippen molar-refractivity contribution in [1.29, 1.82) is 0 Å². The largest absolute Gasteiger partial charge is 0.466 e. The second-order valence-corrected chi connectivity index (χ2v) is 13.9. The van der Waals surface area contributed by atoms with Gasteiger partial charge in [0.05, 0.1) is 25.9 Å². The fraction of sp³-hybridized carbons (Fsp3) is 0.920. The minimum absolute atomic E-state index is 0.176. The third kappa shape index (κ3) is 5.66. The maximum atomic E-state index is 13.3. The number of hydrogen-bond donors (Lipinski definition) is 5. The van der Waals surface area contributed by atoms with Crippen LogP contribution in [-0.2, 0) is 19.0 Å². The first-order valence-electron chi connectivity index (χ1n) is 12.9. The summed E-state index contributed by atoms with van der Waals surface area (Å²) in [5, 5.41) is 44.4. The predicted octanol–water partition coefficient (Wildman–Crippen LogP) is 1.31. The van der Waals surface area contributed by atoms with Crippen LogP contribution in [-0.4, -0.2) is 91.9 Å². The van der Waals surface area contributed by atoms with E-state index in [4.69, 9.17) is 14.2 Å². The van der Waals surface area contributed by atoms with Crippen LogP contribution in [0.2, 0.25) is 0 Å². The average Bonchev–Trinajstić information content (AvgIpc) is 2.76. The van der Waals surface area contributed by atoms with Crippen molar-refractivity contribution in [2.75, 3.05) is 13.7 Å². The van der Waals surface area contributed by atoms with Gasteiger partial charge in [0.15, 0.2) is 0 Å². The Bertz CT molecular complexity index is 798. The van der Waals surface area contributed by atoms with Crippen LogP contribution >= 0.6 is 11.8 Å². The number of alkyl carbamates (subject to hydrolysis) is 1. The Morgan fingerprint density at radius 2 is 1.64 bits per heavy atom. The highest BCUT2D eigenvalue weighted by atomic mass is 32.2. The summed E-state index contributed by atoms with van der Waals surface area (Å²) in [5.41, 5.74) is -0.812. The van der Waals surface area contributed by atoms with Gasteiger partial charge in [0.2, 0.25) is 4.93 Å². The second-order valence-electron chi connectivity index (χ2n) is 12.2. The first-order chi connectivity index (χ1) is 16.8. The molecule has 0 radical (unpaired) electrons. The summed E-state index contributed by atoms with van der Waals surface area (Å²) < 4.78 is 16.6. The number of methoxy groups -OCH3 is 1. The van der Waals surface area contributed by atoms with Crippen LogP contribution in [0.4, 0.5) is 4.79 Å². The van der Waals surface area contributed by atoms with Crippen LogP contribution in [0.15, 0.2) is 0 Å². The van der Waals surface area contributed by atoms with Crippen LogP contribution in [0.3, 0.4) is 0 Å². The van der Waals surface area contributed by atoms with Gasteiger partial charge in [0.1, 0.15) is 23.9 Å². The Morgan fingerprint density at radius 3 is 2.11 bits per heavy atom. The SMILES string of the molecule is COC(=O)[C@]1(SC23CC4CC(CC(C4)C2)C3)C[C@H](O)[C@@H](NC(=O)OC(C)(C)C)[C@H]([C@H](O)[C@H](O)CO)O1. The molecule has 5 rings (SSSR count). The number of ether oxygens (including phenoxy) is 3. The molecule has 4 saturated carbocycles. The summed E-state index contributed by atoms with van der Waals surface area (Å²) in [5.74, 6) is 1.12. The van der Waals surface area contributed by atoms with Crippen LogP contribution in [0.25, 0.3) is 0 Å². The quantitative estimate of drug-likeness (QED) is 0.304. The van der Waals surface area contributed by atoms with Gasteiger partial charge in [0.25, 0.3) is 0 Å². The zero-order chi connectivity index (χ0) is 26.5.